The number of ether oxygens (including phenoxy) is 2. The van der Waals surface area contributed by atoms with Crippen molar-refractivity contribution < 1.29 is 37.1 Å². The van der Waals surface area contributed by atoms with Crippen LogP contribution in [0.1, 0.15) is 26.3 Å². The first-order valence-electron chi connectivity index (χ1n) is 10.9. The number of alkyl halides is 3. The molecule has 1 aromatic carbocycles. The Bertz CT molecular complexity index is 1280. The lowest BCUT2D eigenvalue weighted by Crippen LogP contribution is -2.47. The standard InChI is InChI=1S/C21H27F3N7O5P/c1-13(9-31-11-28-16-17(25)26-10-27-18(16)31)35-12-37(34,30-20(2,3)19(32)33)29-8-14-4-6-15(7-5-14)36-21(22,23)24/h4-7,10-11,13H,8-9,12H2,1-3H3,(H,32,33)(H2,25,26,27)(H2,29,30,34). The van der Waals surface area contributed by atoms with E-state index in [1.54, 1.807) is 11.5 Å². The minimum Gasteiger partial charge on any atom is -0.480 e. The molecule has 0 bridgehead atoms. The number of aliphatic carboxylic acids is 1. The molecule has 0 spiro atoms. The van der Waals surface area contributed by atoms with E-state index < -0.39 is 37.2 Å². The maximum absolute atomic E-state index is 13.7. The zero-order valence-corrected chi connectivity index (χ0v) is 21.1. The third-order valence-corrected chi connectivity index (χ3v) is 7.22. The van der Waals surface area contributed by atoms with Gasteiger partial charge in [-0.15, -0.1) is 13.2 Å². The van der Waals surface area contributed by atoms with Crippen molar-refractivity contribution in [2.24, 2.45) is 0 Å². The molecule has 0 saturated carbocycles. The molecule has 0 saturated heterocycles. The maximum atomic E-state index is 13.7. The minimum absolute atomic E-state index is 0.0492. The zero-order chi connectivity index (χ0) is 27.4. The number of aromatic nitrogens is 4. The molecule has 12 nitrogen and oxygen atoms in total. The molecule has 0 fully saturated rings. The molecule has 5 N–H and O–H groups in total. The van der Waals surface area contributed by atoms with E-state index in [-0.39, 0.29) is 25.3 Å². The third-order valence-electron chi connectivity index (χ3n) is 5.11. The molecule has 2 heterocycles. The molecule has 202 valence electrons. The van der Waals surface area contributed by atoms with Crippen LogP contribution in [0.25, 0.3) is 11.2 Å². The summed E-state index contributed by atoms with van der Waals surface area (Å²) in [5.74, 6) is -1.41. The van der Waals surface area contributed by atoms with E-state index in [9.17, 15) is 27.6 Å². The Kier molecular flexibility index (Phi) is 8.42. The van der Waals surface area contributed by atoms with Gasteiger partial charge in [0.1, 0.15) is 29.5 Å². The largest absolute Gasteiger partial charge is 0.573 e. The normalized spacial score (nSPS) is 14.9. The average Bonchev–Trinajstić information content (AvgIpc) is 3.20. The fraction of sp³-hybridized carbons (Fsp3) is 0.429. The number of carboxylic acid groups (broad SMARTS) is 1. The number of nitrogen functional groups attached to an aromatic ring is 1. The topological polar surface area (TPSA) is 167 Å². The van der Waals surface area contributed by atoms with E-state index in [1.807, 2.05) is 0 Å². The number of carboxylic acids is 1. The van der Waals surface area contributed by atoms with E-state index in [4.69, 9.17) is 10.5 Å². The molecular weight excluding hydrogens is 518 g/mol. The van der Waals surface area contributed by atoms with Gasteiger partial charge in [0, 0.05) is 6.54 Å². The minimum atomic E-state index is -4.82. The van der Waals surface area contributed by atoms with Gasteiger partial charge in [-0.2, -0.15) is 0 Å². The number of fused-ring (bicyclic) bond motifs is 1. The summed E-state index contributed by atoms with van der Waals surface area (Å²) in [6, 6.07) is 4.96. The predicted molar refractivity (Wildman–Crippen MR) is 128 cm³/mol. The number of imidazole rings is 1. The number of nitrogens with two attached hydrogens (primary N) is 1. The summed E-state index contributed by atoms with van der Waals surface area (Å²) < 4.78 is 62.1. The molecule has 37 heavy (non-hydrogen) atoms. The van der Waals surface area contributed by atoms with Crippen molar-refractivity contribution >= 4 is 30.4 Å². The lowest BCUT2D eigenvalue weighted by atomic mass is 10.1. The molecule has 2 aromatic heterocycles. The van der Waals surface area contributed by atoms with Crippen LogP contribution < -0.4 is 20.6 Å². The Morgan fingerprint density at radius 2 is 1.89 bits per heavy atom. The first-order chi connectivity index (χ1) is 17.2. The highest BCUT2D eigenvalue weighted by atomic mass is 31.2. The van der Waals surface area contributed by atoms with E-state index in [2.05, 4.69) is 29.9 Å². The molecule has 0 amide bonds. The van der Waals surface area contributed by atoms with Crippen molar-refractivity contribution in [2.75, 3.05) is 12.1 Å². The summed E-state index contributed by atoms with van der Waals surface area (Å²) in [6.45, 7) is 4.64. The van der Waals surface area contributed by atoms with Gasteiger partial charge in [-0.3, -0.25) is 9.36 Å². The number of anilines is 1. The molecule has 3 rings (SSSR count). The monoisotopic (exact) mass is 545 g/mol. The lowest BCUT2D eigenvalue weighted by molar-refractivity contribution is -0.274. The Hall–Kier alpha value is -3.26. The van der Waals surface area contributed by atoms with Crippen LogP contribution >= 0.6 is 7.44 Å². The highest BCUT2D eigenvalue weighted by Gasteiger charge is 2.36. The molecule has 0 aliphatic heterocycles. The Morgan fingerprint density at radius 1 is 1.22 bits per heavy atom. The number of benzene rings is 1. The van der Waals surface area contributed by atoms with Crippen molar-refractivity contribution in [1.29, 1.82) is 0 Å². The number of nitrogens with one attached hydrogen (secondary N) is 2. The number of hydrogen-bond acceptors (Lipinski definition) is 8. The van der Waals surface area contributed by atoms with Crippen molar-refractivity contribution in [2.45, 2.75) is 51.9 Å². The van der Waals surface area contributed by atoms with Gasteiger partial charge < -0.3 is 24.9 Å². The SMILES string of the molecule is CC(Cn1cnc2c(N)ncnc21)OCP(=O)(NCc1ccc(OC(F)(F)F)cc1)NC(C)(C)C(=O)O. The zero-order valence-electron chi connectivity index (χ0n) is 20.2. The summed E-state index contributed by atoms with van der Waals surface area (Å²) in [4.78, 5) is 23.9. The van der Waals surface area contributed by atoms with E-state index >= 15 is 0 Å². The lowest BCUT2D eigenvalue weighted by Gasteiger charge is -2.30. The van der Waals surface area contributed by atoms with Crippen LogP contribution in [-0.4, -0.2) is 54.9 Å². The van der Waals surface area contributed by atoms with Gasteiger partial charge in [-0.1, -0.05) is 12.1 Å². The van der Waals surface area contributed by atoms with Gasteiger partial charge >= 0.3 is 12.3 Å². The molecular formula is C21H27F3N7O5P. The van der Waals surface area contributed by atoms with Crippen molar-refractivity contribution in [1.82, 2.24) is 29.7 Å². The molecule has 0 radical (unpaired) electrons. The van der Waals surface area contributed by atoms with Crippen LogP contribution in [0.5, 0.6) is 5.75 Å². The average molecular weight is 545 g/mol. The van der Waals surface area contributed by atoms with Gasteiger partial charge in [-0.05, 0) is 38.5 Å². The summed E-state index contributed by atoms with van der Waals surface area (Å²) >= 11 is 0. The maximum Gasteiger partial charge on any atom is 0.573 e. The van der Waals surface area contributed by atoms with Crippen molar-refractivity contribution in [3.05, 3.63) is 42.5 Å². The molecule has 0 aliphatic carbocycles. The number of nitrogens with zero attached hydrogens (tertiary/aromatic N) is 4. The number of hydrogen-bond donors (Lipinski definition) is 4. The Labute approximate surface area is 209 Å². The highest BCUT2D eigenvalue weighted by Crippen LogP contribution is 2.40. The number of rotatable bonds is 12. The Balaban J connectivity index is 1.68. The fourth-order valence-electron chi connectivity index (χ4n) is 3.24. The molecule has 0 aliphatic rings. The predicted octanol–water partition coefficient (Wildman–Crippen LogP) is 3.11. The second kappa shape index (κ2) is 11.0. The molecule has 2 atom stereocenters. The van der Waals surface area contributed by atoms with Gasteiger partial charge in [-0.25, -0.2) is 25.1 Å². The second-order valence-electron chi connectivity index (χ2n) is 8.74. The molecule has 3 aromatic rings. The van der Waals surface area contributed by atoms with E-state index in [0.29, 0.717) is 16.7 Å². The van der Waals surface area contributed by atoms with Crippen LogP contribution in [0.15, 0.2) is 36.9 Å². The number of halogens is 3. The fourth-order valence-corrected chi connectivity index (χ4v) is 5.37. The van der Waals surface area contributed by atoms with Gasteiger partial charge in [0.2, 0.25) is 7.44 Å². The first kappa shape index (κ1) is 28.3. The third kappa shape index (κ3) is 7.86. The van der Waals surface area contributed by atoms with Crippen LogP contribution in [0, 0.1) is 0 Å². The van der Waals surface area contributed by atoms with E-state index in [1.165, 1.54) is 38.6 Å². The van der Waals surface area contributed by atoms with Crippen LogP contribution in [0.4, 0.5) is 19.0 Å². The van der Waals surface area contributed by atoms with Crippen molar-refractivity contribution in [3.8, 4) is 5.75 Å². The van der Waals surface area contributed by atoms with Crippen LogP contribution in [0.2, 0.25) is 0 Å². The molecule has 2 unspecified atom stereocenters. The van der Waals surface area contributed by atoms with E-state index in [0.717, 1.165) is 12.1 Å². The number of carbonyl (C=O) groups is 1. The first-order valence-corrected chi connectivity index (χ1v) is 12.8. The molecule has 16 heteroatoms. The summed E-state index contributed by atoms with van der Waals surface area (Å²) in [5, 5.41) is 14.9. The second-order valence-corrected chi connectivity index (χ2v) is 11.0. The van der Waals surface area contributed by atoms with Gasteiger partial charge in [0.15, 0.2) is 11.5 Å². The highest BCUT2D eigenvalue weighted by molar-refractivity contribution is 7.59. The smallest absolute Gasteiger partial charge is 0.480 e. The van der Waals surface area contributed by atoms with Gasteiger partial charge in [0.25, 0.3) is 0 Å². The van der Waals surface area contributed by atoms with Crippen LogP contribution in [-0.2, 0) is 27.2 Å². The van der Waals surface area contributed by atoms with Crippen LogP contribution in [0.3, 0.4) is 0 Å². The quantitative estimate of drug-likeness (QED) is 0.247. The Morgan fingerprint density at radius 3 is 2.51 bits per heavy atom. The van der Waals surface area contributed by atoms with Crippen molar-refractivity contribution in [3.63, 3.8) is 0 Å². The van der Waals surface area contributed by atoms with Gasteiger partial charge in [0.05, 0.1) is 19.0 Å². The summed E-state index contributed by atoms with van der Waals surface area (Å²) in [6.07, 6.45) is -2.88. The summed E-state index contributed by atoms with van der Waals surface area (Å²) in [7, 11) is -3.69. The summed E-state index contributed by atoms with van der Waals surface area (Å²) in [5.41, 5.74) is 5.63.